The van der Waals surface area contributed by atoms with Gasteiger partial charge in [-0.2, -0.15) is 4.37 Å². The fourth-order valence-electron chi connectivity index (χ4n) is 2.13. The minimum Gasteiger partial charge on any atom is -0.381 e. The van der Waals surface area contributed by atoms with Gasteiger partial charge in [0.05, 0.1) is 12.1 Å². The van der Waals surface area contributed by atoms with Gasteiger partial charge in [0, 0.05) is 22.8 Å². The van der Waals surface area contributed by atoms with Crippen molar-refractivity contribution >= 4 is 22.4 Å². The average Bonchev–Trinajstić information content (AvgIpc) is 2.88. The van der Waals surface area contributed by atoms with Gasteiger partial charge < -0.3 is 4.74 Å². The summed E-state index contributed by atoms with van der Waals surface area (Å²) in [7, 11) is 0. The molecule has 0 aliphatic carbocycles. The van der Waals surface area contributed by atoms with E-state index in [0.717, 1.165) is 25.2 Å². The van der Waals surface area contributed by atoms with Gasteiger partial charge in [-0.1, -0.05) is 6.07 Å². The lowest BCUT2D eigenvalue weighted by Gasteiger charge is -2.07. The molecule has 1 atom stereocenters. The van der Waals surface area contributed by atoms with E-state index in [9.17, 15) is 0 Å². The summed E-state index contributed by atoms with van der Waals surface area (Å²) in [4.78, 5) is 1.31. The van der Waals surface area contributed by atoms with Crippen LogP contribution in [0.3, 0.4) is 0 Å². The first-order valence-electron chi connectivity index (χ1n) is 5.28. The second kappa shape index (κ2) is 3.58. The van der Waals surface area contributed by atoms with Crippen LogP contribution in [0.2, 0.25) is 0 Å². The minimum atomic E-state index is 0.591. The molecule has 1 aromatic heterocycles. The van der Waals surface area contributed by atoms with Gasteiger partial charge in [-0.05, 0) is 42.6 Å². The summed E-state index contributed by atoms with van der Waals surface area (Å²) in [6.07, 6.45) is 1.15. The van der Waals surface area contributed by atoms with E-state index in [1.807, 2.05) is 0 Å². The van der Waals surface area contributed by atoms with Crippen LogP contribution in [0.1, 0.15) is 22.8 Å². The predicted octanol–water partition coefficient (Wildman–Crippen LogP) is 3.11. The molecule has 3 heteroatoms. The summed E-state index contributed by atoms with van der Waals surface area (Å²) in [5.41, 5.74) is 2.53. The van der Waals surface area contributed by atoms with Crippen LogP contribution in [-0.2, 0) is 4.74 Å². The third-order valence-corrected chi connectivity index (χ3v) is 3.86. The molecule has 0 bridgehead atoms. The van der Waals surface area contributed by atoms with Gasteiger partial charge in [-0.3, -0.25) is 0 Å². The van der Waals surface area contributed by atoms with Crippen LogP contribution in [0.25, 0.3) is 10.9 Å². The maximum Gasteiger partial charge on any atom is 0.0843 e. The zero-order valence-electron chi connectivity index (χ0n) is 8.69. The number of fused-ring (bicyclic) bond motifs is 1. The monoisotopic (exact) mass is 219 g/mol. The van der Waals surface area contributed by atoms with Crippen LogP contribution >= 0.6 is 11.5 Å². The van der Waals surface area contributed by atoms with Crippen LogP contribution in [0, 0.1) is 6.92 Å². The smallest absolute Gasteiger partial charge is 0.0843 e. The Balaban J connectivity index is 2.08. The lowest BCUT2D eigenvalue weighted by molar-refractivity contribution is 0.194. The molecular formula is C12H13NOS. The highest BCUT2D eigenvalue weighted by molar-refractivity contribution is 7.07. The number of rotatable bonds is 1. The maximum atomic E-state index is 5.42. The van der Waals surface area contributed by atoms with Crippen molar-refractivity contribution in [3.63, 3.8) is 0 Å². The third kappa shape index (κ3) is 1.56. The molecule has 1 saturated heterocycles. The molecule has 2 nitrogen and oxygen atoms in total. The second-order valence-corrected chi connectivity index (χ2v) is 5.05. The van der Waals surface area contributed by atoms with Crippen molar-refractivity contribution in [2.24, 2.45) is 0 Å². The van der Waals surface area contributed by atoms with E-state index in [-0.39, 0.29) is 0 Å². The minimum absolute atomic E-state index is 0.591. The SMILES string of the molecule is Cc1snc2ccc(C3CCOC3)cc12. The molecule has 15 heavy (non-hydrogen) atoms. The van der Waals surface area contributed by atoms with E-state index < -0.39 is 0 Å². The number of nitrogens with zero attached hydrogens (tertiary/aromatic N) is 1. The summed E-state index contributed by atoms with van der Waals surface area (Å²) in [5.74, 6) is 0.591. The quantitative estimate of drug-likeness (QED) is 0.735. The lowest BCUT2D eigenvalue weighted by Crippen LogP contribution is -1.96. The molecule has 0 amide bonds. The number of benzene rings is 1. The molecule has 1 aliphatic heterocycles. The molecule has 0 saturated carbocycles. The van der Waals surface area contributed by atoms with Gasteiger partial charge in [0.15, 0.2) is 0 Å². The maximum absolute atomic E-state index is 5.42. The Morgan fingerprint density at radius 3 is 3.20 bits per heavy atom. The highest BCUT2D eigenvalue weighted by atomic mass is 32.1. The van der Waals surface area contributed by atoms with E-state index in [4.69, 9.17) is 4.74 Å². The largest absolute Gasteiger partial charge is 0.381 e. The molecule has 1 fully saturated rings. The fraction of sp³-hybridized carbons (Fsp3) is 0.417. The zero-order chi connectivity index (χ0) is 10.3. The van der Waals surface area contributed by atoms with E-state index in [1.165, 1.54) is 15.8 Å². The van der Waals surface area contributed by atoms with Crippen LogP contribution in [0.5, 0.6) is 0 Å². The summed E-state index contributed by atoms with van der Waals surface area (Å²) in [6, 6.07) is 6.61. The Bertz CT molecular complexity index is 485. The van der Waals surface area contributed by atoms with Gasteiger partial charge in [0.1, 0.15) is 0 Å². The van der Waals surface area contributed by atoms with Crippen molar-refractivity contribution in [2.45, 2.75) is 19.3 Å². The molecule has 1 unspecified atom stereocenters. The van der Waals surface area contributed by atoms with E-state index in [0.29, 0.717) is 5.92 Å². The number of aryl methyl sites for hydroxylation is 1. The molecule has 3 rings (SSSR count). The van der Waals surface area contributed by atoms with Crippen LogP contribution < -0.4 is 0 Å². The summed E-state index contributed by atoms with van der Waals surface area (Å²) < 4.78 is 9.82. The van der Waals surface area contributed by atoms with Gasteiger partial charge in [-0.15, -0.1) is 0 Å². The first-order chi connectivity index (χ1) is 7.34. The summed E-state index contributed by atoms with van der Waals surface area (Å²) in [6.45, 7) is 3.92. The Morgan fingerprint density at radius 2 is 2.40 bits per heavy atom. The van der Waals surface area contributed by atoms with Crippen LogP contribution in [0.4, 0.5) is 0 Å². The lowest BCUT2D eigenvalue weighted by atomic mass is 9.97. The molecule has 2 heterocycles. The Kier molecular flexibility index (Phi) is 2.22. The molecule has 0 radical (unpaired) electrons. The van der Waals surface area contributed by atoms with Crippen LogP contribution in [0.15, 0.2) is 18.2 Å². The molecule has 1 aliphatic rings. The first-order valence-corrected chi connectivity index (χ1v) is 6.05. The van der Waals surface area contributed by atoms with Crippen molar-refractivity contribution in [1.82, 2.24) is 4.37 Å². The number of ether oxygens (including phenoxy) is 1. The highest BCUT2D eigenvalue weighted by Crippen LogP contribution is 2.29. The van der Waals surface area contributed by atoms with Crippen molar-refractivity contribution in [2.75, 3.05) is 13.2 Å². The molecule has 0 spiro atoms. The molecule has 0 N–H and O–H groups in total. The number of hydrogen-bond acceptors (Lipinski definition) is 3. The first kappa shape index (κ1) is 9.31. The average molecular weight is 219 g/mol. The summed E-state index contributed by atoms with van der Waals surface area (Å²) in [5, 5.41) is 1.31. The summed E-state index contributed by atoms with van der Waals surface area (Å²) >= 11 is 1.59. The van der Waals surface area contributed by atoms with E-state index >= 15 is 0 Å². The molecular weight excluding hydrogens is 206 g/mol. The number of hydrogen-bond donors (Lipinski definition) is 0. The Morgan fingerprint density at radius 1 is 1.47 bits per heavy atom. The van der Waals surface area contributed by atoms with E-state index in [1.54, 1.807) is 11.5 Å². The van der Waals surface area contributed by atoms with Crippen molar-refractivity contribution in [1.29, 1.82) is 0 Å². The molecule has 1 aromatic carbocycles. The number of aromatic nitrogens is 1. The van der Waals surface area contributed by atoms with Gasteiger partial charge >= 0.3 is 0 Å². The van der Waals surface area contributed by atoms with Crippen molar-refractivity contribution in [3.05, 3.63) is 28.6 Å². The standard InChI is InChI=1S/C12H13NOS/c1-8-11-6-9(10-4-5-14-7-10)2-3-12(11)13-15-8/h2-3,6,10H,4-5,7H2,1H3. The molecule has 78 valence electrons. The Labute approximate surface area is 93.0 Å². The van der Waals surface area contributed by atoms with Crippen LogP contribution in [-0.4, -0.2) is 17.6 Å². The zero-order valence-corrected chi connectivity index (χ0v) is 9.51. The highest BCUT2D eigenvalue weighted by Gasteiger charge is 2.18. The van der Waals surface area contributed by atoms with Crippen molar-refractivity contribution in [3.8, 4) is 0 Å². The molecule has 2 aromatic rings. The Hall–Kier alpha value is -0.930. The van der Waals surface area contributed by atoms with Gasteiger partial charge in [0.25, 0.3) is 0 Å². The third-order valence-electron chi connectivity index (χ3n) is 3.08. The second-order valence-electron chi connectivity index (χ2n) is 4.08. The van der Waals surface area contributed by atoms with E-state index in [2.05, 4.69) is 29.5 Å². The van der Waals surface area contributed by atoms with Gasteiger partial charge in [-0.25, -0.2) is 0 Å². The fourth-order valence-corrected chi connectivity index (χ4v) is 2.79. The van der Waals surface area contributed by atoms with Crippen molar-refractivity contribution < 1.29 is 4.74 Å². The van der Waals surface area contributed by atoms with Gasteiger partial charge in [0.2, 0.25) is 0 Å². The topological polar surface area (TPSA) is 22.1 Å². The predicted molar refractivity (Wildman–Crippen MR) is 62.5 cm³/mol. The normalized spacial score (nSPS) is 21.3.